The van der Waals surface area contributed by atoms with E-state index in [1.165, 1.54) is 0 Å². The molecule has 2 aromatic rings. The Morgan fingerprint density at radius 1 is 0.977 bits per heavy atom. The van der Waals surface area contributed by atoms with Crippen molar-refractivity contribution in [2.24, 2.45) is 16.6 Å². The molecule has 3 aliphatic heterocycles. The lowest BCUT2D eigenvalue weighted by Gasteiger charge is -2.37. The van der Waals surface area contributed by atoms with E-state index in [0.717, 1.165) is 37.3 Å². The maximum atomic E-state index is 13.2. The largest absolute Gasteiger partial charge is 0.450 e. The Labute approximate surface area is 258 Å². The molecule has 3 N–H and O–H groups in total. The highest BCUT2D eigenvalue weighted by Gasteiger charge is 2.31. The number of nitrogens with zero attached hydrogens (tertiary/aromatic N) is 6. The number of piperidine rings is 1. The molecular formula is C32H42N8O4. The van der Waals surface area contributed by atoms with E-state index in [-0.39, 0.29) is 29.8 Å². The van der Waals surface area contributed by atoms with Crippen molar-refractivity contribution in [1.82, 2.24) is 24.6 Å². The SMILES string of the molecule is CCOC(=O)N1CC=C(c2cccnc2N=C(N)Nc2ccc(C(=O)N3CCC(C(=O)N4CCN(C)CC4)CC3)cc2)CC1. The van der Waals surface area contributed by atoms with Gasteiger partial charge >= 0.3 is 6.09 Å². The molecule has 1 aromatic heterocycles. The highest BCUT2D eigenvalue weighted by molar-refractivity contribution is 5.97. The maximum Gasteiger partial charge on any atom is 0.410 e. The smallest absolute Gasteiger partial charge is 0.410 e. The van der Waals surface area contributed by atoms with Gasteiger partial charge in [0.1, 0.15) is 0 Å². The van der Waals surface area contributed by atoms with Gasteiger partial charge in [-0.25, -0.2) is 9.78 Å². The van der Waals surface area contributed by atoms with Gasteiger partial charge in [0.15, 0.2) is 11.8 Å². The molecule has 2 saturated heterocycles. The molecule has 2 fully saturated rings. The van der Waals surface area contributed by atoms with Crippen molar-refractivity contribution in [3.63, 3.8) is 0 Å². The highest BCUT2D eigenvalue weighted by Crippen LogP contribution is 2.29. The summed E-state index contributed by atoms with van der Waals surface area (Å²) >= 11 is 0. The summed E-state index contributed by atoms with van der Waals surface area (Å²) in [6.07, 6.45) is 5.38. The van der Waals surface area contributed by atoms with Crippen LogP contribution in [0.5, 0.6) is 0 Å². The maximum absolute atomic E-state index is 13.2. The summed E-state index contributed by atoms with van der Waals surface area (Å²) in [5.74, 6) is 0.831. The van der Waals surface area contributed by atoms with Crippen molar-refractivity contribution in [2.45, 2.75) is 26.2 Å². The molecule has 12 nitrogen and oxygen atoms in total. The standard InChI is InChI=1S/C32H42N8O4/c1-3-44-32(43)40-17-10-23(11-18-40)27-5-4-14-34-28(27)36-31(33)35-26-8-6-24(7-9-26)29(41)38-15-12-25(13-16-38)30(42)39-21-19-37(2)20-22-39/h4-10,14,25H,3,11-13,15-22H2,1-2H3,(H3,33,34,35,36). The molecule has 234 valence electrons. The minimum Gasteiger partial charge on any atom is -0.450 e. The van der Waals surface area contributed by atoms with Crippen molar-refractivity contribution in [2.75, 3.05) is 71.3 Å². The predicted octanol–water partition coefficient (Wildman–Crippen LogP) is 3.01. The average Bonchev–Trinajstić information content (AvgIpc) is 3.05. The molecular weight excluding hydrogens is 560 g/mol. The number of hydrogen-bond donors (Lipinski definition) is 2. The van der Waals surface area contributed by atoms with Gasteiger partial charge in [-0.15, -0.1) is 0 Å². The molecule has 0 spiro atoms. The fourth-order valence-corrected chi connectivity index (χ4v) is 5.81. The Bertz CT molecular complexity index is 1390. The summed E-state index contributed by atoms with van der Waals surface area (Å²) in [5.41, 5.74) is 9.42. The molecule has 44 heavy (non-hydrogen) atoms. The number of anilines is 1. The summed E-state index contributed by atoms with van der Waals surface area (Å²) in [4.78, 5) is 54.8. The molecule has 4 heterocycles. The van der Waals surface area contributed by atoms with Gasteiger partial charge in [-0.05, 0) is 75.2 Å². The summed E-state index contributed by atoms with van der Waals surface area (Å²) in [6.45, 7) is 7.67. The quantitative estimate of drug-likeness (QED) is 0.381. The zero-order chi connectivity index (χ0) is 31.1. The van der Waals surface area contributed by atoms with Crippen molar-refractivity contribution < 1.29 is 19.1 Å². The van der Waals surface area contributed by atoms with Crippen LogP contribution >= 0.6 is 0 Å². The number of nitrogens with one attached hydrogen (secondary N) is 1. The summed E-state index contributed by atoms with van der Waals surface area (Å²) in [7, 11) is 2.08. The third kappa shape index (κ3) is 7.54. The first-order chi connectivity index (χ1) is 21.3. The van der Waals surface area contributed by atoms with Crippen LogP contribution in [0.25, 0.3) is 5.57 Å². The average molecular weight is 603 g/mol. The van der Waals surface area contributed by atoms with E-state index in [1.807, 2.05) is 28.0 Å². The van der Waals surface area contributed by atoms with E-state index in [1.54, 1.807) is 42.3 Å². The van der Waals surface area contributed by atoms with E-state index in [4.69, 9.17) is 10.5 Å². The number of aliphatic imine (C=N–C) groups is 1. The van der Waals surface area contributed by atoms with Crippen LogP contribution in [0.4, 0.5) is 16.3 Å². The number of pyridine rings is 1. The molecule has 0 unspecified atom stereocenters. The minimum atomic E-state index is -0.314. The number of ether oxygens (including phenoxy) is 1. The van der Waals surface area contributed by atoms with Gasteiger partial charge in [-0.1, -0.05) is 6.08 Å². The third-order valence-corrected chi connectivity index (χ3v) is 8.44. The summed E-state index contributed by atoms with van der Waals surface area (Å²) < 4.78 is 5.10. The number of amides is 3. The predicted molar refractivity (Wildman–Crippen MR) is 169 cm³/mol. The lowest BCUT2D eigenvalue weighted by atomic mass is 9.94. The summed E-state index contributed by atoms with van der Waals surface area (Å²) in [6, 6.07) is 10.9. The second-order valence-electron chi connectivity index (χ2n) is 11.4. The topological polar surface area (TPSA) is 137 Å². The minimum absolute atomic E-state index is 0.00962. The number of likely N-dealkylation sites (N-methyl/N-ethyl adjacent to an activating group) is 1. The molecule has 3 aliphatic rings. The van der Waals surface area contributed by atoms with Gasteiger partial charge in [-0.3, -0.25) is 9.59 Å². The first kappa shape index (κ1) is 31.0. The van der Waals surface area contributed by atoms with E-state index < -0.39 is 0 Å². The molecule has 1 aromatic carbocycles. The molecule has 0 aliphatic carbocycles. The van der Waals surface area contributed by atoms with Crippen molar-refractivity contribution in [1.29, 1.82) is 0 Å². The fraction of sp³-hybridized carbons (Fsp3) is 0.469. The first-order valence-corrected chi connectivity index (χ1v) is 15.4. The molecule has 12 heteroatoms. The van der Waals surface area contributed by atoms with Crippen LogP contribution in [0.3, 0.4) is 0 Å². The van der Waals surface area contributed by atoms with E-state index in [2.05, 4.69) is 27.2 Å². The number of guanidine groups is 1. The molecule has 3 amide bonds. The second kappa shape index (κ2) is 14.3. The molecule has 0 radical (unpaired) electrons. The van der Waals surface area contributed by atoms with Gasteiger partial charge in [0.2, 0.25) is 5.91 Å². The summed E-state index contributed by atoms with van der Waals surface area (Å²) in [5, 5.41) is 3.08. The normalized spacial score (nSPS) is 18.5. The van der Waals surface area contributed by atoms with Crippen LogP contribution < -0.4 is 11.1 Å². The number of piperazine rings is 1. The molecule has 5 rings (SSSR count). The zero-order valence-corrected chi connectivity index (χ0v) is 25.6. The lowest BCUT2D eigenvalue weighted by Crippen LogP contribution is -2.51. The van der Waals surface area contributed by atoms with Gasteiger partial charge in [-0.2, -0.15) is 4.99 Å². The first-order valence-electron chi connectivity index (χ1n) is 15.4. The van der Waals surface area contributed by atoms with Crippen LogP contribution in [-0.2, 0) is 9.53 Å². The number of carbonyl (C=O) groups is 3. The van der Waals surface area contributed by atoms with Crippen LogP contribution in [-0.4, -0.2) is 114 Å². The number of benzene rings is 1. The Kier molecular flexibility index (Phi) is 10.1. The Hall–Kier alpha value is -4.45. The van der Waals surface area contributed by atoms with Crippen LogP contribution in [0.1, 0.15) is 42.1 Å². The molecule has 0 bridgehead atoms. The molecule has 0 saturated carbocycles. The van der Waals surface area contributed by atoms with Gasteiger partial charge in [0.25, 0.3) is 5.91 Å². The van der Waals surface area contributed by atoms with Crippen LogP contribution in [0.15, 0.2) is 53.7 Å². The van der Waals surface area contributed by atoms with Crippen LogP contribution in [0, 0.1) is 5.92 Å². The van der Waals surface area contributed by atoms with Gasteiger partial charge in [0.05, 0.1) is 6.61 Å². The Morgan fingerprint density at radius 3 is 2.36 bits per heavy atom. The fourth-order valence-electron chi connectivity index (χ4n) is 5.81. The van der Waals surface area contributed by atoms with E-state index in [0.29, 0.717) is 69.1 Å². The van der Waals surface area contributed by atoms with Crippen molar-refractivity contribution in [3.8, 4) is 0 Å². The highest BCUT2D eigenvalue weighted by atomic mass is 16.6. The number of carbonyl (C=O) groups excluding carboxylic acids is 3. The van der Waals surface area contributed by atoms with Crippen molar-refractivity contribution in [3.05, 3.63) is 59.8 Å². The van der Waals surface area contributed by atoms with Crippen molar-refractivity contribution >= 4 is 40.9 Å². The Balaban J connectivity index is 1.15. The van der Waals surface area contributed by atoms with Crippen LogP contribution in [0.2, 0.25) is 0 Å². The third-order valence-electron chi connectivity index (χ3n) is 8.44. The van der Waals surface area contributed by atoms with E-state index >= 15 is 0 Å². The number of aromatic nitrogens is 1. The Morgan fingerprint density at radius 2 is 1.70 bits per heavy atom. The zero-order valence-electron chi connectivity index (χ0n) is 25.6. The van der Waals surface area contributed by atoms with Gasteiger partial charge < -0.3 is 35.4 Å². The molecule has 0 atom stereocenters. The monoisotopic (exact) mass is 602 g/mol. The second-order valence-corrected chi connectivity index (χ2v) is 11.4. The number of hydrogen-bond acceptors (Lipinski definition) is 7. The number of likely N-dealkylation sites (tertiary alicyclic amines) is 1. The van der Waals surface area contributed by atoms with E-state index in [9.17, 15) is 14.4 Å². The lowest BCUT2D eigenvalue weighted by molar-refractivity contribution is -0.138. The number of rotatable bonds is 6. The number of nitrogens with two attached hydrogens (primary N) is 1. The van der Waals surface area contributed by atoms with Gasteiger partial charge in [0, 0.05) is 81.3 Å².